The molecule has 0 aliphatic carbocycles. The third kappa shape index (κ3) is 2.66. The van der Waals surface area contributed by atoms with Crippen molar-refractivity contribution in [2.75, 3.05) is 7.11 Å². The molecule has 0 radical (unpaired) electrons. The van der Waals surface area contributed by atoms with Crippen LogP contribution in [0.25, 0.3) is 0 Å². The first-order chi connectivity index (χ1) is 9.56. The molecule has 3 amide bonds. The maximum atomic E-state index is 12.1. The number of benzene rings is 1. The lowest BCUT2D eigenvalue weighted by Gasteiger charge is -2.14. The number of imide groups is 1. The minimum absolute atomic E-state index is 0.213. The Kier molecular flexibility index (Phi) is 4.08. The van der Waals surface area contributed by atoms with Crippen LogP contribution in [0.1, 0.15) is 17.5 Å². The monoisotopic (exact) mass is 274 g/mol. The molecule has 1 aliphatic rings. The molecule has 0 saturated carbocycles. The molecule has 2 rings (SSSR count). The van der Waals surface area contributed by atoms with Gasteiger partial charge in [0.2, 0.25) is 0 Å². The van der Waals surface area contributed by atoms with Crippen LogP contribution in [-0.4, -0.2) is 30.0 Å². The highest BCUT2D eigenvalue weighted by atomic mass is 16.5. The third-order valence-electron chi connectivity index (χ3n) is 3.32. The van der Waals surface area contributed by atoms with E-state index in [4.69, 9.17) is 4.74 Å². The van der Waals surface area contributed by atoms with Crippen molar-refractivity contribution in [2.45, 2.75) is 25.9 Å². The molecule has 5 nitrogen and oxygen atoms in total. The summed E-state index contributed by atoms with van der Waals surface area (Å²) in [6, 6.07) is 4.79. The molecule has 1 aliphatic heterocycles. The number of urea groups is 1. The number of methoxy groups -OCH3 is 1. The van der Waals surface area contributed by atoms with Gasteiger partial charge in [0.1, 0.15) is 11.8 Å². The molecule has 0 unspecified atom stereocenters. The number of carbonyl (C=O) groups excluding carboxylic acids is 2. The van der Waals surface area contributed by atoms with Gasteiger partial charge in [-0.3, -0.25) is 9.69 Å². The Morgan fingerprint density at radius 1 is 1.45 bits per heavy atom. The summed E-state index contributed by atoms with van der Waals surface area (Å²) >= 11 is 0. The SMILES string of the molecule is C=CC[C@H]1NC(=O)N(Cc2ccc(C)c(OC)c2)C1=O. The lowest BCUT2D eigenvalue weighted by atomic mass is 10.1. The van der Waals surface area contributed by atoms with Gasteiger partial charge in [0, 0.05) is 0 Å². The van der Waals surface area contributed by atoms with Gasteiger partial charge in [0.15, 0.2) is 0 Å². The van der Waals surface area contributed by atoms with Crippen molar-refractivity contribution in [1.82, 2.24) is 10.2 Å². The average molecular weight is 274 g/mol. The van der Waals surface area contributed by atoms with Crippen molar-refractivity contribution in [1.29, 1.82) is 0 Å². The number of carbonyl (C=O) groups is 2. The minimum atomic E-state index is -0.493. The first-order valence-electron chi connectivity index (χ1n) is 6.43. The Morgan fingerprint density at radius 3 is 2.85 bits per heavy atom. The second-order valence-corrected chi connectivity index (χ2v) is 4.75. The third-order valence-corrected chi connectivity index (χ3v) is 3.32. The molecule has 1 heterocycles. The highest BCUT2D eigenvalue weighted by molar-refractivity contribution is 6.04. The number of hydrogen-bond donors (Lipinski definition) is 1. The fourth-order valence-electron chi connectivity index (χ4n) is 2.20. The molecule has 106 valence electrons. The minimum Gasteiger partial charge on any atom is -0.496 e. The van der Waals surface area contributed by atoms with E-state index in [2.05, 4.69) is 11.9 Å². The molecular weight excluding hydrogens is 256 g/mol. The first-order valence-corrected chi connectivity index (χ1v) is 6.43. The highest BCUT2D eigenvalue weighted by Crippen LogP contribution is 2.21. The average Bonchev–Trinajstić information content (AvgIpc) is 2.69. The van der Waals surface area contributed by atoms with Crippen molar-refractivity contribution in [3.05, 3.63) is 42.0 Å². The van der Waals surface area contributed by atoms with E-state index < -0.39 is 6.04 Å². The summed E-state index contributed by atoms with van der Waals surface area (Å²) in [5, 5.41) is 2.65. The standard InChI is InChI=1S/C15H18N2O3/c1-4-5-12-14(18)17(15(19)16-12)9-11-7-6-10(2)13(8-11)20-3/h4,6-8,12H,1,5,9H2,2-3H3,(H,16,19)/t12-/m1/s1. The Labute approximate surface area is 118 Å². The molecule has 20 heavy (non-hydrogen) atoms. The van der Waals surface area contributed by atoms with E-state index in [0.717, 1.165) is 16.9 Å². The Morgan fingerprint density at radius 2 is 2.20 bits per heavy atom. The molecule has 5 heteroatoms. The number of nitrogens with one attached hydrogen (secondary N) is 1. The molecule has 0 aromatic heterocycles. The molecule has 1 N–H and O–H groups in total. The van der Waals surface area contributed by atoms with Gasteiger partial charge in [-0.1, -0.05) is 18.2 Å². The van der Waals surface area contributed by atoms with E-state index in [1.807, 2.05) is 25.1 Å². The molecule has 1 atom stereocenters. The topological polar surface area (TPSA) is 58.6 Å². The van der Waals surface area contributed by atoms with Crippen LogP contribution in [0.3, 0.4) is 0 Å². The summed E-state index contributed by atoms with van der Waals surface area (Å²) in [5.41, 5.74) is 1.87. The van der Waals surface area contributed by atoms with Crippen LogP contribution in [0.15, 0.2) is 30.9 Å². The quantitative estimate of drug-likeness (QED) is 0.660. The molecule has 0 bridgehead atoms. The zero-order chi connectivity index (χ0) is 14.7. The van der Waals surface area contributed by atoms with Crippen LogP contribution in [0.2, 0.25) is 0 Å². The van der Waals surface area contributed by atoms with Gasteiger partial charge >= 0.3 is 6.03 Å². The van der Waals surface area contributed by atoms with Crippen LogP contribution >= 0.6 is 0 Å². The number of hydrogen-bond acceptors (Lipinski definition) is 3. The van der Waals surface area contributed by atoms with E-state index in [9.17, 15) is 9.59 Å². The molecule has 1 aromatic carbocycles. The van der Waals surface area contributed by atoms with Crippen LogP contribution in [0, 0.1) is 6.92 Å². The van der Waals surface area contributed by atoms with Crippen molar-refractivity contribution in [2.24, 2.45) is 0 Å². The second kappa shape index (κ2) is 5.77. The van der Waals surface area contributed by atoms with Gasteiger partial charge in [-0.2, -0.15) is 0 Å². The number of nitrogens with zero attached hydrogens (tertiary/aromatic N) is 1. The van der Waals surface area contributed by atoms with E-state index in [1.54, 1.807) is 13.2 Å². The summed E-state index contributed by atoms with van der Waals surface area (Å²) in [5.74, 6) is 0.534. The maximum absolute atomic E-state index is 12.1. The fourth-order valence-corrected chi connectivity index (χ4v) is 2.20. The Balaban J connectivity index is 2.15. The summed E-state index contributed by atoms with van der Waals surface area (Å²) < 4.78 is 5.25. The van der Waals surface area contributed by atoms with Gasteiger partial charge in [-0.05, 0) is 30.5 Å². The van der Waals surface area contributed by atoms with E-state index in [1.165, 1.54) is 4.90 Å². The summed E-state index contributed by atoms with van der Waals surface area (Å²) in [6.45, 7) is 5.77. The molecule has 1 fully saturated rings. The zero-order valence-electron chi connectivity index (χ0n) is 11.7. The Bertz CT molecular complexity index is 554. The van der Waals surface area contributed by atoms with Gasteiger partial charge in [0.25, 0.3) is 5.91 Å². The van der Waals surface area contributed by atoms with Crippen LogP contribution < -0.4 is 10.1 Å². The van der Waals surface area contributed by atoms with Gasteiger partial charge in [0.05, 0.1) is 13.7 Å². The smallest absolute Gasteiger partial charge is 0.325 e. The number of aryl methyl sites for hydroxylation is 1. The predicted octanol–water partition coefficient (Wildman–Crippen LogP) is 2.00. The highest BCUT2D eigenvalue weighted by Gasteiger charge is 2.36. The molecule has 0 spiro atoms. The van der Waals surface area contributed by atoms with Crippen LogP contribution in [0.5, 0.6) is 5.75 Å². The summed E-state index contributed by atoms with van der Waals surface area (Å²) in [7, 11) is 1.60. The van der Waals surface area contributed by atoms with Crippen LogP contribution in [0.4, 0.5) is 4.79 Å². The lowest BCUT2D eigenvalue weighted by Crippen LogP contribution is -2.30. The van der Waals surface area contributed by atoms with Crippen molar-refractivity contribution in [3.63, 3.8) is 0 Å². The fraction of sp³-hybridized carbons (Fsp3) is 0.333. The van der Waals surface area contributed by atoms with Crippen molar-refractivity contribution in [3.8, 4) is 5.75 Å². The number of ether oxygens (including phenoxy) is 1. The van der Waals surface area contributed by atoms with Crippen LogP contribution in [-0.2, 0) is 11.3 Å². The summed E-state index contributed by atoms with van der Waals surface area (Å²) in [6.07, 6.45) is 2.07. The van der Waals surface area contributed by atoms with Gasteiger partial charge < -0.3 is 10.1 Å². The second-order valence-electron chi connectivity index (χ2n) is 4.75. The van der Waals surface area contributed by atoms with Gasteiger partial charge in [-0.15, -0.1) is 6.58 Å². The van der Waals surface area contributed by atoms with E-state index >= 15 is 0 Å². The van der Waals surface area contributed by atoms with Crippen molar-refractivity contribution < 1.29 is 14.3 Å². The first kappa shape index (κ1) is 14.1. The van der Waals surface area contributed by atoms with E-state index in [-0.39, 0.29) is 18.5 Å². The molecule has 1 saturated heterocycles. The predicted molar refractivity (Wildman–Crippen MR) is 75.4 cm³/mol. The summed E-state index contributed by atoms with van der Waals surface area (Å²) in [4.78, 5) is 25.1. The largest absolute Gasteiger partial charge is 0.496 e. The molecule has 1 aromatic rings. The van der Waals surface area contributed by atoms with E-state index in [0.29, 0.717) is 6.42 Å². The maximum Gasteiger partial charge on any atom is 0.325 e. The zero-order valence-corrected chi connectivity index (χ0v) is 11.7. The number of amides is 3. The molecular formula is C15H18N2O3. The lowest BCUT2D eigenvalue weighted by molar-refractivity contribution is -0.127. The van der Waals surface area contributed by atoms with Gasteiger partial charge in [-0.25, -0.2) is 4.79 Å². The number of rotatable bonds is 5. The van der Waals surface area contributed by atoms with Crippen molar-refractivity contribution >= 4 is 11.9 Å². The normalized spacial score (nSPS) is 18.1. The Hall–Kier alpha value is -2.30.